The van der Waals surface area contributed by atoms with Crippen molar-refractivity contribution in [3.63, 3.8) is 0 Å². The minimum atomic E-state index is 0.494. The van der Waals surface area contributed by atoms with Gasteiger partial charge < -0.3 is 10.1 Å². The summed E-state index contributed by atoms with van der Waals surface area (Å²) < 4.78 is 5.32. The van der Waals surface area contributed by atoms with Crippen molar-refractivity contribution in [3.05, 3.63) is 45.9 Å². The number of methoxy groups -OCH3 is 1. The standard InChI is InChI=1S/C14H12Cl2N4O/c1-21-14-8(4-9(15)5-11(14)16)7-17-10-2-3-12-13(6-10)19-20-18-12/h2-6,17H,7H2,1H3,(H,18,19,20). The molecule has 2 N–H and O–H groups in total. The molecular formula is C14H12Cl2N4O. The number of H-pyrrole nitrogens is 1. The average molecular weight is 323 g/mol. The molecule has 0 bridgehead atoms. The lowest BCUT2D eigenvalue weighted by molar-refractivity contribution is 0.410. The summed E-state index contributed by atoms with van der Waals surface area (Å²) in [5, 5.41) is 15.0. The molecule has 2 aromatic carbocycles. The van der Waals surface area contributed by atoms with E-state index in [0.29, 0.717) is 22.3 Å². The van der Waals surface area contributed by atoms with Gasteiger partial charge in [-0.25, -0.2) is 0 Å². The highest BCUT2D eigenvalue weighted by atomic mass is 35.5. The summed E-state index contributed by atoms with van der Waals surface area (Å²) in [5.74, 6) is 0.621. The molecule has 7 heteroatoms. The van der Waals surface area contributed by atoms with E-state index in [0.717, 1.165) is 22.3 Å². The molecule has 0 radical (unpaired) electrons. The monoisotopic (exact) mass is 322 g/mol. The van der Waals surface area contributed by atoms with Gasteiger partial charge in [-0.05, 0) is 30.3 Å². The van der Waals surface area contributed by atoms with Crippen LogP contribution in [0.25, 0.3) is 11.0 Å². The van der Waals surface area contributed by atoms with Crippen LogP contribution in [0.1, 0.15) is 5.56 Å². The van der Waals surface area contributed by atoms with Gasteiger partial charge in [0.15, 0.2) is 0 Å². The molecule has 3 aromatic rings. The molecular weight excluding hydrogens is 311 g/mol. The third-order valence-electron chi connectivity index (χ3n) is 3.09. The number of benzene rings is 2. The van der Waals surface area contributed by atoms with Crippen LogP contribution in [-0.4, -0.2) is 22.5 Å². The number of ether oxygens (including phenoxy) is 1. The molecule has 108 valence electrons. The minimum absolute atomic E-state index is 0.494. The first kappa shape index (κ1) is 14.0. The van der Waals surface area contributed by atoms with Crippen LogP contribution >= 0.6 is 23.2 Å². The molecule has 0 amide bonds. The number of rotatable bonds is 4. The summed E-state index contributed by atoms with van der Waals surface area (Å²) in [5.41, 5.74) is 3.44. The molecule has 1 heterocycles. The Morgan fingerprint density at radius 2 is 1.95 bits per heavy atom. The van der Waals surface area contributed by atoms with E-state index >= 15 is 0 Å². The first-order chi connectivity index (χ1) is 10.2. The van der Waals surface area contributed by atoms with Gasteiger partial charge in [0.25, 0.3) is 0 Å². The highest BCUT2D eigenvalue weighted by Gasteiger charge is 2.10. The van der Waals surface area contributed by atoms with Crippen molar-refractivity contribution >= 4 is 39.9 Å². The molecule has 0 saturated carbocycles. The van der Waals surface area contributed by atoms with E-state index in [-0.39, 0.29) is 0 Å². The predicted molar refractivity (Wildman–Crippen MR) is 84.2 cm³/mol. The van der Waals surface area contributed by atoms with Gasteiger partial charge >= 0.3 is 0 Å². The SMILES string of the molecule is COc1c(Cl)cc(Cl)cc1CNc1ccc2n[nH]nc2c1. The van der Waals surface area contributed by atoms with Crippen LogP contribution in [0.4, 0.5) is 5.69 Å². The molecule has 0 atom stereocenters. The number of fused-ring (bicyclic) bond motifs is 1. The van der Waals surface area contributed by atoms with E-state index in [1.165, 1.54) is 0 Å². The van der Waals surface area contributed by atoms with Crippen LogP contribution in [0, 0.1) is 0 Å². The number of hydrogen-bond donors (Lipinski definition) is 2. The zero-order valence-electron chi connectivity index (χ0n) is 11.2. The zero-order valence-corrected chi connectivity index (χ0v) is 12.7. The third kappa shape index (κ3) is 2.89. The highest BCUT2D eigenvalue weighted by Crippen LogP contribution is 2.32. The summed E-state index contributed by atoms with van der Waals surface area (Å²) in [4.78, 5) is 0. The maximum atomic E-state index is 6.12. The lowest BCUT2D eigenvalue weighted by Crippen LogP contribution is -2.02. The molecule has 0 aliphatic rings. The fourth-order valence-electron chi connectivity index (χ4n) is 2.12. The van der Waals surface area contributed by atoms with E-state index in [1.54, 1.807) is 13.2 Å². The van der Waals surface area contributed by atoms with Gasteiger partial charge in [-0.3, -0.25) is 0 Å². The van der Waals surface area contributed by atoms with E-state index in [1.807, 2.05) is 24.3 Å². The first-order valence-corrected chi connectivity index (χ1v) is 6.99. The number of anilines is 1. The molecule has 21 heavy (non-hydrogen) atoms. The van der Waals surface area contributed by atoms with Crippen LogP contribution < -0.4 is 10.1 Å². The highest BCUT2D eigenvalue weighted by molar-refractivity contribution is 6.35. The van der Waals surface area contributed by atoms with Crippen molar-refractivity contribution in [2.75, 3.05) is 12.4 Å². The number of nitrogens with one attached hydrogen (secondary N) is 2. The molecule has 0 aliphatic heterocycles. The normalized spacial score (nSPS) is 10.8. The Balaban J connectivity index is 1.83. The summed E-state index contributed by atoms with van der Waals surface area (Å²) in [6.45, 7) is 0.535. The Morgan fingerprint density at radius 3 is 2.76 bits per heavy atom. The smallest absolute Gasteiger partial charge is 0.142 e. The van der Waals surface area contributed by atoms with Crippen molar-refractivity contribution in [1.29, 1.82) is 0 Å². The summed E-state index contributed by atoms with van der Waals surface area (Å²) in [6.07, 6.45) is 0. The van der Waals surface area contributed by atoms with E-state index in [4.69, 9.17) is 27.9 Å². The quantitative estimate of drug-likeness (QED) is 0.765. The minimum Gasteiger partial charge on any atom is -0.495 e. The second kappa shape index (κ2) is 5.79. The Labute approximate surface area is 131 Å². The predicted octanol–water partition coefficient (Wildman–Crippen LogP) is 3.89. The number of aromatic nitrogens is 3. The van der Waals surface area contributed by atoms with Gasteiger partial charge in [-0.1, -0.05) is 23.2 Å². The van der Waals surface area contributed by atoms with E-state index < -0.39 is 0 Å². The fourth-order valence-corrected chi connectivity index (χ4v) is 2.73. The zero-order chi connectivity index (χ0) is 14.8. The molecule has 0 spiro atoms. The molecule has 0 unspecified atom stereocenters. The van der Waals surface area contributed by atoms with Gasteiger partial charge in [0.2, 0.25) is 0 Å². The van der Waals surface area contributed by atoms with Crippen LogP contribution in [-0.2, 0) is 6.54 Å². The van der Waals surface area contributed by atoms with Gasteiger partial charge in [-0.2, -0.15) is 15.4 Å². The fraction of sp³-hybridized carbons (Fsp3) is 0.143. The summed E-state index contributed by atoms with van der Waals surface area (Å²) in [6, 6.07) is 9.23. The number of nitrogens with zero attached hydrogens (tertiary/aromatic N) is 2. The number of aromatic amines is 1. The third-order valence-corrected chi connectivity index (χ3v) is 3.59. The number of halogens is 2. The van der Waals surface area contributed by atoms with Gasteiger partial charge in [0, 0.05) is 22.8 Å². The van der Waals surface area contributed by atoms with Crippen molar-refractivity contribution in [1.82, 2.24) is 15.4 Å². The molecule has 1 aromatic heterocycles. The second-order valence-corrected chi connectivity index (χ2v) is 5.30. The van der Waals surface area contributed by atoms with Crippen molar-refractivity contribution in [2.45, 2.75) is 6.54 Å². The first-order valence-electron chi connectivity index (χ1n) is 6.23. The van der Waals surface area contributed by atoms with Crippen LogP contribution in [0.2, 0.25) is 10.0 Å². The van der Waals surface area contributed by atoms with Crippen molar-refractivity contribution in [2.24, 2.45) is 0 Å². The lowest BCUT2D eigenvalue weighted by Gasteiger charge is -2.12. The van der Waals surface area contributed by atoms with E-state index in [2.05, 4.69) is 20.7 Å². The number of hydrogen-bond acceptors (Lipinski definition) is 4. The van der Waals surface area contributed by atoms with Gasteiger partial charge in [-0.15, -0.1) is 0 Å². The Morgan fingerprint density at radius 1 is 1.14 bits per heavy atom. The lowest BCUT2D eigenvalue weighted by atomic mass is 10.2. The Bertz CT molecular complexity index is 788. The molecule has 3 rings (SSSR count). The van der Waals surface area contributed by atoms with Crippen LogP contribution in [0.15, 0.2) is 30.3 Å². The average Bonchev–Trinajstić information content (AvgIpc) is 2.92. The second-order valence-electron chi connectivity index (χ2n) is 4.46. The van der Waals surface area contributed by atoms with Gasteiger partial charge in [0.05, 0.1) is 12.1 Å². The summed E-state index contributed by atoms with van der Waals surface area (Å²) >= 11 is 12.2. The largest absolute Gasteiger partial charge is 0.495 e. The molecule has 0 saturated heterocycles. The molecule has 0 fully saturated rings. The van der Waals surface area contributed by atoms with Crippen molar-refractivity contribution < 1.29 is 4.74 Å². The maximum absolute atomic E-state index is 6.12. The topological polar surface area (TPSA) is 62.8 Å². The summed E-state index contributed by atoms with van der Waals surface area (Å²) in [7, 11) is 1.58. The van der Waals surface area contributed by atoms with Crippen LogP contribution in [0.3, 0.4) is 0 Å². The Kier molecular flexibility index (Phi) is 3.86. The molecule has 5 nitrogen and oxygen atoms in total. The van der Waals surface area contributed by atoms with Crippen molar-refractivity contribution in [3.8, 4) is 5.75 Å². The van der Waals surface area contributed by atoms with E-state index in [9.17, 15) is 0 Å². The Hall–Kier alpha value is -1.98. The van der Waals surface area contributed by atoms with Gasteiger partial charge in [0.1, 0.15) is 16.8 Å². The molecule has 0 aliphatic carbocycles. The maximum Gasteiger partial charge on any atom is 0.142 e. The van der Waals surface area contributed by atoms with Crippen LogP contribution in [0.5, 0.6) is 5.75 Å².